The second kappa shape index (κ2) is 15.0. The fourth-order valence-corrected chi connectivity index (χ4v) is 10.0. The van der Waals surface area contributed by atoms with Crippen LogP contribution in [0.5, 0.6) is 0 Å². The van der Waals surface area contributed by atoms with E-state index >= 15 is 0 Å². The van der Waals surface area contributed by atoms with E-state index in [1.807, 2.05) is 0 Å². The molecule has 3 aromatic heterocycles. The predicted molar refractivity (Wildman–Crippen MR) is 260 cm³/mol. The topological polar surface area (TPSA) is 38.9 Å². The third kappa shape index (κ3) is 6.37. The van der Waals surface area contributed by atoms with Gasteiger partial charge in [-0.05, 0) is 104 Å². The van der Waals surface area contributed by atoms with Crippen molar-refractivity contribution in [1.82, 2.24) is 9.97 Å². The molecule has 0 amide bonds. The number of furan rings is 1. The van der Waals surface area contributed by atoms with Crippen LogP contribution in [0.4, 0.5) is 0 Å². The second-order valence-electron chi connectivity index (χ2n) is 15.8. The molecule has 290 valence electrons. The summed E-state index contributed by atoms with van der Waals surface area (Å²) in [5, 5.41) is 3.35. The molecule has 4 heteroatoms. The van der Waals surface area contributed by atoms with Crippen LogP contribution < -0.4 is 0 Å². The molecule has 0 atom stereocenters. The summed E-state index contributed by atoms with van der Waals surface area (Å²) < 4.78 is 9.17. The van der Waals surface area contributed by atoms with Crippen LogP contribution in [0.1, 0.15) is 0 Å². The summed E-state index contributed by atoms with van der Waals surface area (Å²) in [6.07, 6.45) is 1.69. The zero-order valence-electron chi connectivity index (χ0n) is 33.5. The highest BCUT2D eigenvalue weighted by atomic mass is 32.1. The van der Waals surface area contributed by atoms with Crippen molar-refractivity contribution < 1.29 is 4.42 Å². The molecule has 0 radical (unpaired) electrons. The Balaban J connectivity index is 0.980. The first-order chi connectivity index (χ1) is 30.7. The Morgan fingerprint density at radius 3 is 1.53 bits per heavy atom. The first-order valence-corrected chi connectivity index (χ1v) is 21.7. The van der Waals surface area contributed by atoms with E-state index in [-0.39, 0.29) is 0 Å². The standard InChI is InChI=1S/C58H36N2OS/c1-3-11-37(12-4-1)39-21-25-41(26-22-39)45-29-30-53-51(33-45)52-35-48(42-27-23-40(24-28-42)38-13-5-2-6-14-38)34-50(57(52)61-53)46-17-9-15-43(31-46)44-16-10-18-47(32-44)55-58-56(60-36-59-55)49-19-7-8-20-54(49)62-58/h1-36H. The monoisotopic (exact) mass is 808 g/mol. The molecule has 0 fully saturated rings. The molecule has 0 aliphatic heterocycles. The number of nitrogens with zero attached hydrogens (tertiary/aromatic N) is 2. The Hall–Kier alpha value is -7.92. The van der Waals surface area contributed by atoms with Crippen LogP contribution in [-0.2, 0) is 0 Å². The fourth-order valence-electron chi connectivity index (χ4n) is 8.85. The highest BCUT2D eigenvalue weighted by Gasteiger charge is 2.18. The largest absolute Gasteiger partial charge is 0.455 e. The van der Waals surface area contributed by atoms with Gasteiger partial charge in [-0.2, -0.15) is 0 Å². The van der Waals surface area contributed by atoms with E-state index in [0.717, 1.165) is 82.4 Å². The highest BCUT2D eigenvalue weighted by molar-refractivity contribution is 7.26. The van der Waals surface area contributed by atoms with Gasteiger partial charge in [-0.25, -0.2) is 9.97 Å². The molecule has 12 aromatic rings. The van der Waals surface area contributed by atoms with Crippen molar-refractivity contribution in [2.45, 2.75) is 0 Å². The lowest BCUT2D eigenvalue weighted by molar-refractivity contribution is 0.670. The van der Waals surface area contributed by atoms with Crippen molar-refractivity contribution in [3.63, 3.8) is 0 Å². The maximum Gasteiger partial charge on any atom is 0.143 e. The van der Waals surface area contributed by atoms with Gasteiger partial charge in [0.25, 0.3) is 0 Å². The minimum atomic E-state index is 0.865. The van der Waals surface area contributed by atoms with E-state index < -0.39 is 0 Å². The Morgan fingerprint density at radius 2 is 0.839 bits per heavy atom. The fraction of sp³-hybridized carbons (Fsp3) is 0. The molecule has 0 saturated carbocycles. The van der Waals surface area contributed by atoms with Gasteiger partial charge in [0.15, 0.2) is 0 Å². The number of rotatable bonds is 7. The third-order valence-electron chi connectivity index (χ3n) is 12.0. The molecule has 9 aromatic carbocycles. The van der Waals surface area contributed by atoms with Gasteiger partial charge >= 0.3 is 0 Å². The highest BCUT2D eigenvalue weighted by Crippen LogP contribution is 2.43. The van der Waals surface area contributed by atoms with Gasteiger partial charge in [-0.1, -0.05) is 170 Å². The van der Waals surface area contributed by atoms with E-state index in [2.05, 4.69) is 212 Å². The lowest BCUT2D eigenvalue weighted by Crippen LogP contribution is -1.88. The Bertz CT molecular complexity index is 3610. The van der Waals surface area contributed by atoms with Crippen molar-refractivity contribution in [3.05, 3.63) is 219 Å². The number of fused-ring (bicyclic) bond motifs is 6. The minimum Gasteiger partial charge on any atom is -0.455 e. The molecule has 0 spiro atoms. The summed E-state index contributed by atoms with van der Waals surface area (Å²) in [4.78, 5) is 9.51. The molecule has 12 rings (SSSR count). The molecule has 0 saturated heterocycles. The Labute approximate surface area is 362 Å². The maximum atomic E-state index is 6.85. The molecule has 0 N–H and O–H groups in total. The molecule has 0 bridgehead atoms. The van der Waals surface area contributed by atoms with E-state index in [0.29, 0.717) is 0 Å². The SMILES string of the molecule is c1ccc(-c2ccc(-c3ccc4oc5c(-c6cccc(-c7cccc(-c8ncnc9c8sc8ccccc89)c7)c6)cc(-c6ccc(-c7ccccc7)cc6)cc5c4c3)cc2)cc1. The van der Waals surface area contributed by atoms with E-state index in [1.54, 1.807) is 17.7 Å². The number of hydrogen-bond donors (Lipinski definition) is 0. The van der Waals surface area contributed by atoms with Crippen molar-refractivity contribution >= 4 is 53.6 Å². The van der Waals surface area contributed by atoms with Crippen LogP contribution in [0.2, 0.25) is 0 Å². The van der Waals surface area contributed by atoms with Crippen LogP contribution in [-0.4, -0.2) is 9.97 Å². The maximum absolute atomic E-state index is 6.85. The van der Waals surface area contributed by atoms with Crippen LogP contribution in [0.25, 0.3) is 120 Å². The van der Waals surface area contributed by atoms with Gasteiger partial charge in [0.05, 0.1) is 15.9 Å². The first-order valence-electron chi connectivity index (χ1n) is 20.9. The third-order valence-corrected chi connectivity index (χ3v) is 13.2. The number of thiophene rings is 1. The quantitative estimate of drug-likeness (QED) is 0.161. The molecule has 0 unspecified atom stereocenters. The van der Waals surface area contributed by atoms with Crippen molar-refractivity contribution in [1.29, 1.82) is 0 Å². The van der Waals surface area contributed by atoms with E-state index in [9.17, 15) is 0 Å². The molecule has 3 nitrogen and oxygen atoms in total. The van der Waals surface area contributed by atoms with Gasteiger partial charge in [-0.15, -0.1) is 11.3 Å². The number of benzene rings is 9. The second-order valence-corrected chi connectivity index (χ2v) is 16.8. The predicted octanol–water partition coefficient (Wildman–Crippen LogP) is 16.4. The lowest BCUT2D eigenvalue weighted by Gasteiger charge is -2.11. The Morgan fingerprint density at radius 1 is 0.339 bits per heavy atom. The zero-order chi connectivity index (χ0) is 41.0. The summed E-state index contributed by atoms with van der Waals surface area (Å²) in [5.41, 5.74) is 18.5. The summed E-state index contributed by atoms with van der Waals surface area (Å²) in [5.74, 6) is 0. The normalized spacial score (nSPS) is 11.5. The lowest BCUT2D eigenvalue weighted by atomic mass is 9.92. The number of hydrogen-bond acceptors (Lipinski definition) is 4. The van der Waals surface area contributed by atoms with Gasteiger partial charge in [0, 0.05) is 32.0 Å². The van der Waals surface area contributed by atoms with Crippen molar-refractivity contribution in [2.75, 3.05) is 0 Å². The summed E-state index contributed by atoms with van der Waals surface area (Å²) in [6.45, 7) is 0. The molecular weight excluding hydrogens is 773 g/mol. The Kier molecular flexibility index (Phi) is 8.68. The van der Waals surface area contributed by atoms with Crippen molar-refractivity contribution in [3.8, 4) is 78.0 Å². The van der Waals surface area contributed by atoms with Crippen LogP contribution in [0.15, 0.2) is 223 Å². The summed E-state index contributed by atoms with van der Waals surface area (Å²) >= 11 is 1.75. The molecule has 62 heavy (non-hydrogen) atoms. The minimum absolute atomic E-state index is 0.865. The van der Waals surface area contributed by atoms with E-state index in [4.69, 9.17) is 14.4 Å². The number of aromatic nitrogens is 2. The van der Waals surface area contributed by atoms with Crippen LogP contribution in [0.3, 0.4) is 0 Å². The summed E-state index contributed by atoms with van der Waals surface area (Å²) in [6, 6.07) is 76.0. The van der Waals surface area contributed by atoms with Crippen molar-refractivity contribution in [2.24, 2.45) is 0 Å². The van der Waals surface area contributed by atoms with Gasteiger partial charge < -0.3 is 4.42 Å². The molecule has 3 heterocycles. The zero-order valence-corrected chi connectivity index (χ0v) is 34.3. The molecular formula is C58H36N2OS. The van der Waals surface area contributed by atoms with Gasteiger partial charge in [-0.3, -0.25) is 0 Å². The summed E-state index contributed by atoms with van der Waals surface area (Å²) in [7, 11) is 0. The molecule has 0 aliphatic carbocycles. The smallest absolute Gasteiger partial charge is 0.143 e. The average Bonchev–Trinajstić information content (AvgIpc) is 3.93. The van der Waals surface area contributed by atoms with Gasteiger partial charge in [0.1, 0.15) is 17.5 Å². The van der Waals surface area contributed by atoms with Crippen LogP contribution >= 0.6 is 11.3 Å². The first kappa shape index (κ1) is 36.0. The van der Waals surface area contributed by atoms with Crippen LogP contribution in [0, 0.1) is 0 Å². The molecule has 0 aliphatic rings. The average molecular weight is 809 g/mol. The van der Waals surface area contributed by atoms with Gasteiger partial charge in [0.2, 0.25) is 0 Å². The van der Waals surface area contributed by atoms with E-state index in [1.165, 1.54) is 37.9 Å².